The van der Waals surface area contributed by atoms with Gasteiger partial charge in [0.25, 0.3) is 0 Å². The molecule has 0 unspecified atom stereocenters. The highest BCUT2D eigenvalue weighted by Crippen LogP contribution is 2.32. The van der Waals surface area contributed by atoms with Gasteiger partial charge in [0.2, 0.25) is 0 Å². The third kappa shape index (κ3) is 5.96. The highest BCUT2D eigenvalue weighted by molar-refractivity contribution is 6.07. The lowest BCUT2D eigenvalue weighted by Crippen LogP contribution is -2.32. The molecular weight excluding hydrogens is 452 g/mol. The Kier molecular flexibility index (Phi) is 8.41. The second-order valence-electron chi connectivity index (χ2n) is 8.94. The Balaban J connectivity index is 1.47. The van der Waals surface area contributed by atoms with Gasteiger partial charge in [0.15, 0.2) is 0 Å². The molecule has 188 valence electrons. The minimum absolute atomic E-state index is 0.149. The number of carbonyl (C=O) groups is 1. The molecule has 0 bridgehead atoms. The monoisotopic (exact) mass is 486 g/mol. The van der Waals surface area contributed by atoms with Crippen LogP contribution in [0.25, 0.3) is 16.6 Å². The van der Waals surface area contributed by atoms with Crippen molar-refractivity contribution in [1.82, 2.24) is 9.88 Å². The minimum Gasteiger partial charge on any atom is -0.491 e. The number of rotatable bonds is 11. The van der Waals surface area contributed by atoms with E-state index < -0.39 is 6.10 Å². The molecule has 4 rings (SSSR count). The second kappa shape index (κ2) is 11.9. The number of esters is 1. The number of aliphatic hydroxyl groups is 1. The van der Waals surface area contributed by atoms with Gasteiger partial charge in [0.1, 0.15) is 18.5 Å². The summed E-state index contributed by atoms with van der Waals surface area (Å²) < 4.78 is 13.3. The van der Waals surface area contributed by atoms with Crippen LogP contribution in [-0.4, -0.2) is 48.1 Å². The maximum Gasteiger partial charge on any atom is 0.340 e. The Morgan fingerprint density at radius 3 is 2.50 bits per heavy atom. The van der Waals surface area contributed by atoms with Crippen LogP contribution in [0.5, 0.6) is 5.75 Å². The van der Waals surface area contributed by atoms with Crippen molar-refractivity contribution in [1.29, 1.82) is 0 Å². The fourth-order valence-electron chi connectivity index (χ4n) is 4.37. The van der Waals surface area contributed by atoms with Gasteiger partial charge in [-0.2, -0.15) is 0 Å². The van der Waals surface area contributed by atoms with E-state index in [4.69, 9.17) is 9.47 Å². The zero-order valence-electron chi connectivity index (χ0n) is 21.2. The molecule has 0 aliphatic heterocycles. The smallest absolute Gasteiger partial charge is 0.340 e. The molecule has 0 saturated heterocycles. The summed E-state index contributed by atoms with van der Waals surface area (Å²) in [6.45, 7) is 7.44. The Hall–Kier alpha value is -3.61. The molecule has 4 aromatic rings. The van der Waals surface area contributed by atoms with E-state index in [1.807, 2.05) is 62.4 Å². The average molecular weight is 487 g/mol. The number of fused-ring (bicyclic) bond motifs is 1. The van der Waals surface area contributed by atoms with E-state index in [0.717, 1.165) is 35.2 Å². The van der Waals surface area contributed by atoms with Crippen LogP contribution in [0, 0.1) is 13.8 Å². The van der Waals surface area contributed by atoms with Gasteiger partial charge in [-0.15, -0.1) is 0 Å². The van der Waals surface area contributed by atoms with Crippen LogP contribution >= 0.6 is 0 Å². The third-order valence-electron chi connectivity index (χ3n) is 6.20. The van der Waals surface area contributed by atoms with Crippen LogP contribution in [0.1, 0.15) is 34.1 Å². The van der Waals surface area contributed by atoms with Crippen LogP contribution in [-0.2, 0) is 11.2 Å². The quantitative estimate of drug-likeness (QED) is 0.231. The summed E-state index contributed by atoms with van der Waals surface area (Å²) in [6.07, 6.45) is 0.249. The first-order chi connectivity index (χ1) is 17.5. The number of benzene rings is 3. The summed E-state index contributed by atoms with van der Waals surface area (Å²) in [4.78, 5) is 12.9. The van der Waals surface area contributed by atoms with Crippen molar-refractivity contribution < 1.29 is 19.4 Å². The summed E-state index contributed by atoms with van der Waals surface area (Å²) in [5, 5.41) is 14.4. The molecule has 0 saturated carbocycles. The van der Waals surface area contributed by atoms with Crippen molar-refractivity contribution in [2.24, 2.45) is 0 Å². The Morgan fingerprint density at radius 1 is 1.03 bits per heavy atom. The van der Waals surface area contributed by atoms with Crippen LogP contribution in [0.15, 0.2) is 72.8 Å². The van der Waals surface area contributed by atoms with Gasteiger partial charge in [-0.3, -0.25) is 0 Å². The maximum atomic E-state index is 12.9. The van der Waals surface area contributed by atoms with Gasteiger partial charge in [-0.05, 0) is 69.6 Å². The lowest BCUT2D eigenvalue weighted by molar-refractivity contribution is 0.0527. The van der Waals surface area contributed by atoms with E-state index >= 15 is 0 Å². The highest BCUT2D eigenvalue weighted by Gasteiger charge is 2.22. The van der Waals surface area contributed by atoms with E-state index in [0.29, 0.717) is 24.5 Å². The first kappa shape index (κ1) is 25.5. The van der Waals surface area contributed by atoms with E-state index in [1.54, 1.807) is 6.92 Å². The number of aryl methyl sites for hydroxylation is 1. The zero-order chi connectivity index (χ0) is 25.5. The van der Waals surface area contributed by atoms with E-state index in [2.05, 4.69) is 34.1 Å². The van der Waals surface area contributed by atoms with Gasteiger partial charge >= 0.3 is 5.97 Å². The number of hydrogen-bond acceptors (Lipinski definition) is 5. The molecule has 0 fully saturated rings. The van der Waals surface area contributed by atoms with E-state index in [1.165, 1.54) is 11.1 Å². The van der Waals surface area contributed by atoms with Crippen molar-refractivity contribution in [2.45, 2.75) is 33.3 Å². The number of hydrogen-bond donors (Lipinski definition) is 2. The largest absolute Gasteiger partial charge is 0.491 e. The van der Waals surface area contributed by atoms with Crippen molar-refractivity contribution in [3.8, 4) is 11.4 Å². The highest BCUT2D eigenvalue weighted by atomic mass is 16.5. The molecule has 1 heterocycles. The molecule has 2 N–H and O–H groups in total. The lowest BCUT2D eigenvalue weighted by atomic mass is 10.1. The molecule has 0 spiro atoms. The Labute approximate surface area is 212 Å². The number of nitrogens with one attached hydrogen (secondary N) is 1. The van der Waals surface area contributed by atoms with Gasteiger partial charge in [0, 0.05) is 23.3 Å². The Morgan fingerprint density at radius 2 is 1.78 bits per heavy atom. The molecule has 36 heavy (non-hydrogen) atoms. The molecule has 0 aliphatic rings. The first-order valence-electron chi connectivity index (χ1n) is 12.4. The predicted molar refractivity (Wildman–Crippen MR) is 143 cm³/mol. The molecule has 1 aromatic heterocycles. The van der Waals surface area contributed by atoms with Crippen LogP contribution in [0.4, 0.5) is 0 Å². The number of carbonyl (C=O) groups excluding carboxylic acids is 1. The summed E-state index contributed by atoms with van der Waals surface area (Å²) in [7, 11) is 0. The van der Waals surface area contributed by atoms with Crippen LogP contribution in [0.3, 0.4) is 0 Å². The number of aromatic nitrogens is 1. The van der Waals surface area contributed by atoms with Crippen molar-refractivity contribution >= 4 is 16.9 Å². The normalized spacial score (nSPS) is 12.0. The predicted octanol–water partition coefficient (Wildman–Crippen LogP) is 5.00. The minimum atomic E-state index is -0.653. The van der Waals surface area contributed by atoms with Crippen molar-refractivity contribution in [2.75, 3.05) is 26.3 Å². The summed E-state index contributed by atoms with van der Waals surface area (Å²) >= 11 is 0. The fraction of sp³-hybridized carbons (Fsp3) is 0.300. The SMILES string of the molecule is CCOC(=O)c1c(C)n(-c2ccc(C)cc2)c2ccc(OC[C@H](O)CNCCc3ccccc3)cc12. The van der Waals surface area contributed by atoms with Gasteiger partial charge in [-0.25, -0.2) is 4.79 Å². The number of nitrogens with zero attached hydrogens (tertiary/aromatic N) is 1. The molecule has 6 nitrogen and oxygen atoms in total. The van der Waals surface area contributed by atoms with Crippen molar-refractivity contribution in [3.05, 3.63) is 95.2 Å². The van der Waals surface area contributed by atoms with Crippen molar-refractivity contribution in [3.63, 3.8) is 0 Å². The fourth-order valence-corrected chi connectivity index (χ4v) is 4.37. The standard InChI is InChI=1S/C30H34N2O4/c1-4-35-30(34)29-22(3)32(24-12-10-21(2)11-13-24)28-15-14-26(18-27(28)29)36-20-25(33)19-31-17-16-23-8-6-5-7-9-23/h5-15,18,25,31,33H,4,16-17,19-20H2,1-3H3/t25-/m1/s1. The Bertz CT molecular complexity index is 1300. The number of ether oxygens (including phenoxy) is 2. The summed E-state index contributed by atoms with van der Waals surface area (Å²) in [5.41, 5.74) is 5.64. The molecule has 0 amide bonds. The summed E-state index contributed by atoms with van der Waals surface area (Å²) in [6, 6.07) is 24.1. The third-order valence-corrected chi connectivity index (χ3v) is 6.20. The van der Waals surface area contributed by atoms with Gasteiger partial charge in [-0.1, -0.05) is 48.0 Å². The molecule has 0 radical (unpaired) electrons. The molecule has 6 heteroatoms. The van der Waals surface area contributed by atoms with Gasteiger partial charge < -0.3 is 24.5 Å². The average Bonchev–Trinajstić information content (AvgIpc) is 3.17. The first-order valence-corrected chi connectivity index (χ1v) is 12.4. The molecule has 1 atom stereocenters. The zero-order valence-corrected chi connectivity index (χ0v) is 21.2. The molecule has 3 aromatic carbocycles. The molecular formula is C30H34N2O4. The molecule has 0 aliphatic carbocycles. The lowest BCUT2D eigenvalue weighted by Gasteiger charge is -2.14. The number of aliphatic hydroxyl groups excluding tert-OH is 1. The second-order valence-corrected chi connectivity index (χ2v) is 8.94. The van der Waals surface area contributed by atoms with E-state index in [-0.39, 0.29) is 12.6 Å². The van der Waals surface area contributed by atoms with Crippen LogP contribution < -0.4 is 10.1 Å². The summed E-state index contributed by atoms with van der Waals surface area (Å²) in [5.74, 6) is 0.239. The van der Waals surface area contributed by atoms with Gasteiger partial charge in [0.05, 0.1) is 17.7 Å². The van der Waals surface area contributed by atoms with E-state index in [9.17, 15) is 9.90 Å². The topological polar surface area (TPSA) is 72.7 Å². The maximum absolute atomic E-state index is 12.9. The van der Waals surface area contributed by atoms with Crippen LogP contribution in [0.2, 0.25) is 0 Å².